The fourth-order valence-corrected chi connectivity index (χ4v) is 19.8. The van der Waals surface area contributed by atoms with Crippen LogP contribution >= 0.6 is 0 Å². The minimum Gasteiger partial charge on any atom is -1.00 e. The molecule has 0 saturated carbocycles. The first-order chi connectivity index (χ1) is 26.9. The van der Waals surface area contributed by atoms with Gasteiger partial charge in [0.15, 0.2) is 0 Å². The zero-order valence-corrected chi connectivity index (χ0v) is 39.6. The summed E-state index contributed by atoms with van der Waals surface area (Å²) in [5, 5.41) is 0. The topological polar surface area (TPSA) is 0 Å². The predicted molar refractivity (Wildman–Crippen MR) is 223 cm³/mol. The summed E-state index contributed by atoms with van der Waals surface area (Å²) in [6.45, 7) is 22.1. The number of benzene rings is 4. The number of rotatable bonds is 5. The molecule has 4 aromatic carbocycles. The molecule has 0 nitrogen and oxygen atoms in total. The van der Waals surface area contributed by atoms with Crippen molar-refractivity contribution < 1.29 is 72.4 Å². The van der Waals surface area contributed by atoms with Gasteiger partial charge in [0.25, 0.3) is 0 Å². The molecule has 0 aliphatic heterocycles. The van der Waals surface area contributed by atoms with E-state index in [4.69, 9.17) is 0 Å². The minimum atomic E-state index is -4.54. The van der Waals surface area contributed by atoms with E-state index in [-0.39, 0.29) is 50.6 Å². The summed E-state index contributed by atoms with van der Waals surface area (Å²) in [5.74, 6) is 0.0829. The number of hydrogen-bond acceptors (Lipinski definition) is 0. The summed E-state index contributed by atoms with van der Waals surface area (Å²) in [7, 11) is 0. The Kier molecular flexibility index (Phi) is 12.0. The van der Waals surface area contributed by atoms with E-state index >= 15 is 0 Å². The molecule has 1 atom stereocenters. The predicted octanol–water partition coefficient (Wildman–Crippen LogP) is 8.97. The molecular formula is C51H50Cl2F6Zr. The van der Waals surface area contributed by atoms with Gasteiger partial charge in [-0.2, -0.15) is 0 Å². The van der Waals surface area contributed by atoms with Crippen LogP contribution < -0.4 is 24.8 Å². The number of alkyl halides is 6. The van der Waals surface area contributed by atoms with E-state index in [1.54, 1.807) is 24.3 Å². The molecule has 0 N–H and O–H groups in total. The summed E-state index contributed by atoms with van der Waals surface area (Å²) in [6, 6.07) is 20.3. The minimum absolute atomic E-state index is 0. The third-order valence-corrected chi connectivity index (χ3v) is 21.4. The summed E-state index contributed by atoms with van der Waals surface area (Å²) in [4.78, 5) is 0. The fourth-order valence-electron chi connectivity index (χ4n) is 10.1. The Morgan fingerprint density at radius 3 is 1.37 bits per heavy atom. The summed E-state index contributed by atoms with van der Waals surface area (Å²) >= 11 is -3.67. The molecule has 0 saturated heterocycles. The van der Waals surface area contributed by atoms with Crippen molar-refractivity contribution in [2.24, 2.45) is 11.3 Å². The largest absolute Gasteiger partial charge is 1.00 e. The Labute approximate surface area is 370 Å². The van der Waals surface area contributed by atoms with E-state index < -0.39 is 44.7 Å². The Morgan fingerprint density at radius 1 is 0.617 bits per heavy atom. The number of fused-ring (bicyclic) bond motifs is 5. The Morgan fingerprint density at radius 2 is 1.02 bits per heavy atom. The molecule has 0 aromatic heterocycles. The van der Waals surface area contributed by atoms with Crippen molar-refractivity contribution in [2.75, 3.05) is 0 Å². The van der Waals surface area contributed by atoms with Gasteiger partial charge >= 0.3 is 348 Å². The van der Waals surface area contributed by atoms with Crippen molar-refractivity contribution in [3.05, 3.63) is 162 Å². The van der Waals surface area contributed by atoms with Crippen LogP contribution in [0.25, 0.3) is 22.3 Å². The summed E-state index contributed by atoms with van der Waals surface area (Å²) in [6.07, 6.45) is 1.16. The molecule has 0 bridgehead atoms. The van der Waals surface area contributed by atoms with Crippen LogP contribution in [-0.2, 0) is 44.4 Å². The van der Waals surface area contributed by atoms with Crippen LogP contribution in [0, 0.1) is 11.3 Å². The molecule has 0 heterocycles. The van der Waals surface area contributed by atoms with Crippen molar-refractivity contribution in [3.8, 4) is 11.1 Å². The molecule has 0 radical (unpaired) electrons. The third kappa shape index (κ3) is 7.76. The first-order valence-corrected chi connectivity index (χ1v) is 24.1. The van der Waals surface area contributed by atoms with Crippen molar-refractivity contribution in [2.45, 2.75) is 102 Å². The van der Waals surface area contributed by atoms with Crippen molar-refractivity contribution in [3.63, 3.8) is 0 Å². The second-order valence-corrected chi connectivity index (χ2v) is 25.0. The average molecular weight is 939 g/mol. The van der Waals surface area contributed by atoms with Crippen LogP contribution in [0.5, 0.6) is 0 Å². The standard InChI is InChI=1S/C25H25.C15H8F6.C11H17.2ClH.Zr/c1-14-12-24(3,4)22-8-16-7-17-9-23-19(15(2)13-25(23,5)6)11-21(17)20(16)10-18(14)22;16-14(17,18)12-5-1-10(2-6-12)9-11-3-7-13(8-4-11)15(19,20)21;1-5-9-6-7-10(8-9)11(2,3)4;;;/h7-13H,1-6H3;1-8H;7-9H,5H2,1-4H3;2*1H;/q;;;;;+2/p-2. The molecule has 0 spiro atoms. The zero-order valence-electron chi connectivity index (χ0n) is 35.6. The molecule has 0 amide bonds. The molecule has 4 aromatic rings. The molecule has 314 valence electrons. The van der Waals surface area contributed by atoms with E-state index in [2.05, 4.69) is 118 Å². The molecule has 4 aliphatic rings. The smallest absolute Gasteiger partial charge is 1.00 e. The van der Waals surface area contributed by atoms with E-state index in [9.17, 15) is 26.3 Å². The van der Waals surface area contributed by atoms with Crippen LogP contribution in [0.4, 0.5) is 26.3 Å². The maximum absolute atomic E-state index is 14.1. The number of hydrogen-bond donors (Lipinski definition) is 0. The number of halogens is 8. The summed E-state index contributed by atoms with van der Waals surface area (Å²) < 4.78 is 86.7. The van der Waals surface area contributed by atoms with Crippen LogP contribution in [0.2, 0.25) is 0 Å². The van der Waals surface area contributed by atoms with Gasteiger partial charge in [0.1, 0.15) is 0 Å². The quantitative estimate of drug-likeness (QED) is 0.176. The monoisotopic (exact) mass is 936 g/mol. The van der Waals surface area contributed by atoms with Crippen molar-refractivity contribution >= 4 is 14.4 Å². The average Bonchev–Trinajstić information content (AvgIpc) is 3.83. The van der Waals surface area contributed by atoms with Crippen molar-refractivity contribution in [1.29, 1.82) is 0 Å². The Balaban J connectivity index is 0.00000302. The summed E-state index contributed by atoms with van der Waals surface area (Å²) in [5.41, 5.74) is 12.6. The molecule has 60 heavy (non-hydrogen) atoms. The van der Waals surface area contributed by atoms with Gasteiger partial charge in [-0.1, -0.05) is 0 Å². The van der Waals surface area contributed by atoms with E-state index in [1.807, 2.05) is 0 Å². The van der Waals surface area contributed by atoms with Gasteiger partial charge in [-0.25, -0.2) is 0 Å². The van der Waals surface area contributed by atoms with Gasteiger partial charge in [-0.3, -0.25) is 0 Å². The normalized spacial score (nSPS) is 18.4. The van der Waals surface area contributed by atoms with Gasteiger partial charge in [0, 0.05) is 0 Å². The SMILES string of the molecule is CCC1C=C(C(C)(C)C)C=[C]1[Zr+2](=[C](c1ccc(C(F)(F)F)cc1)c1ccc(C(F)(F)F)cc1)[CH]1c2cc3c(cc2-c2cc4c(cc21)C(C)(C)C=C4C)C(C)=CC3(C)C.[Cl-].[Cl-]. The van der Waals surface area contributed by atoms with Gasteiger partial charge < -0.3 is 24.8 Å². The second kappa shape index (κ2) is 15.5. The van der Waals surface area contributed by atoms with Crippen LogP contribution in [0.15, 0.2) is 106 Å². The molecule has 9 heteroatoms. The Bertz CT molecular complexity index is 2410. The number of allylic oxidation sites excluding steroid dienone is 8. The van der Waals surface area contributed by atoms with Gasteiger partial charge in [-0.05, 0) is 0 Å². The van der Waals surface area contributed by atoms with E-state index in [0.29, 0.717) is 11.1 Å². The molecular weight excluding hydrogens is 889 g/mol. The maximum Gasteiger partial charge on any atom is -1.00 e. The Hall–Kier alpha value is -3.25. The van der Waals surface area contributed by atoms with Crippen LogP contribution in [-0.4, -0.2) is 3.21 Å². The fraction of sp³-hybridized carbons (Fsp3) is 0.353. The van der Waals surface area contributed by atoms with E-state index in [0.717, 1.165) is 33.9 Å². The van der Waals surface area contributed by atoms with E-state index in [1.165, 1.54) is 64.5 Å². The molecule has 1 unspecified atom stereocenters. The van der Waals surface area contributed by atoms with Gasteiger partial charge in [-0.15, -0.1) is 0 Å². The van der Waals surface area contributed by atoms with Crippen LogP contribution in [0.3, 0.4) is 0 Å². The zero-order chi connectivity index (χ0) is 42.1. The third-order valence-electron chi connectivity index (χ3n) is 13.0. The maximum atomic E-state index is 14.1. The molecule has 8 rings (SSSR count). The molecule has 4 aliphatic carbocycles. The second-order valence-electron chi connectivity index (χ2n) is 18.9. The molecule has 0 fully saturated rings. The van der Waals surface area contributed by atoms with Gasteiger partial charge in [0.05, 0.1) is 0 Å². The van der Waals surface area contributed by atoms with Crippen molar-refractivity contribution in [1.82, 2.24) is 0 Å². The first-order valence-electron chi connectivity index (χ1n) is 20.2. The first kappa shape index (κ1) is 46.3. The van der Waals surface area contributed by atoms with Crippen LogP contribution in [0.1, 0.15) is 135 Å². The van der Waals surface area contributed by atoms with Gasteiger partial charge in [0.2, 0.25) is 0 Å².